The van der Waals surface area contributed by atoms with Gasteiger partial charge in [-0.1, -0.05) is 17.7 Å². The molecular weight excluding hydrogens is 202 g/mol. The molecule has 0 aliphatic carbocycles. The summed E-state index contributed by atoms with van der Waals surface area (Å²) in [6, 6.07) is 9.34. The SMILES string of the molecule is Cc1ccc(Nc2nccc(=O)n2C)cc1. The van der Waals surface area contributed by atoms with Crippen LogP contribution in [0.2, 0.25) is 0 Å². The molecule has 0 bridgehead atoms. The average Bonchev–Trinajstić information content (AvgIpc) is 2.28. The van der Waals surface area contributed by atoms with Crippen molar-refractivity contribution in [3.05, 3.63) is 52.4 Å². The predicted molar refractivity (Wildman–Crippen MR) is 63.9 cm³/mol. The van der Waals surface area contributed by atoms with Gasteiger partial charge in [0.25, 0.3) is 5.56 Å². The van der Waals surface area contributed by atoms with Gasteiger partial charge in [0.05, 0.1) is 0 Å². The van der Waals surface area contributed by atoms with Crippen LogP contribution in [0.15, 0.2) is 41.3 Å². The number of nitrogens with one attached hydrogen (secondary N) is 1. The van der Waals surface area contributed by atoms with E-state index in [1.165, 1.54) is 22.4 Å². The lowest BCUT2D eigenvalue weighted by Crippen LogP contribution is -2.19. The third-order valence-electron chi connectivity index (χ3n) is 2.37. The van der Waals surface area contributed by atoms with Crippen LogP contribution in [0.1, 0.15) is 5.56 Å². The first kappa shape index (κ1) is 10.4. The van der Waals surface area contributed by atoms with E-state index in [9.17, 15) is 4.79 Å². The van der Waals surface area contributed by atoms with Gasteiger partial charge in [0.2, 0.25) is 5.95 Å². The summed E-state index contributed by atoms with van der Waals surface area (Å²) < 4.78 is 1.47. The van der Waals surface area contributed by atoms with E-state index in [0.717, 1.165) is 5.69 Å². The third kappa shape index (κ3) is 2.11. The van der Waals surface area contributed by atoms with E-state index in [-0.39, 0.29) is 5.56 Å². The van der Waals surface area contributed by atoms with Gasteiger partial charge in [-0.2, -0.15) is 0 Å². The molecule has 0 aliphatic rings. The molecular formula is C12H13N3O. The molecule has 16 heavy (non-hydrogen) atoms. The van der Waals surface area contributed by atoms with E-state index >= 15 is 0 Å². The highest BCUT2D eigenvalue weighted by atomic mass is 16.1. The van der Waals surface area contributed by atoms with Crippen molar-refractivity contribution in [3.8, 4) is 0 Å². The van der Waals surface area contributed by atoms with Crippen molar-refractivity contribution in [2.24, 2.45) is 7.05 Å². The topological polar surface area (TPSA) is 46.9 Å². The number of rotatable bonds is 2. The number of nitrogens with zero attached hydrogens (tertiary/aromatic N) is 2. The molecule has 1 N–H and O–H groups in total. The first-order valence-corrected chi connectivity index (χ1v) is 5.02. The van der Waals surface area contributed by atoms with Gasteiger partial charge in [0, 0.05) is 25.0 Å². The summed E-state index contributed by atoms with van der Waals surface area (Å²) in [6.07, 6.45) is 1.50. The summed E-state index contributed by atoms with van der Waals surface area (Å²) in [4.78, 5) is 15.5. The Morgan fingerprint density at radius 2 is 1.88 bits per heavy atom. The van der Waals surface area contributed by atoms with Gasteiger partial charge in [-0.25, -0.2) is 4.98 Å². The van der Waals surface area contributed by atoms with E-state index in [1.807, 2.05) is 31.2 Å². The zero-order valence-electron chi connectivity index (χ0n) is 9.27. The molecule has 0 radical (unpaired) electrons. The van der Waals surface area contributed by atoms with Gasteiger partial charge in [-0.3, -0.25) is 9.36 Å². The lowest BCUT2D eigenvalue weighted by atomic mass is 10.2. The number of benzene rings is 1. The lowest BCUT2D eigenvalue weighted by Gasteiger charge is -2.08. The lowest BCUT2D eigenvalue weighted by molar-refractivity contribution is 0.838. The van der Waals surface area contributed by atoms with Gasteiger partial charge >= 0.3 is 0 Å². The molecule has 4 heteroatoms. The molecule has 0 saturated heterocycles. The minimum Gasteiger partial charge on any atom is -0.326 e. The fourth-order valence-corrected chi connectivity index (χ4v) is 1.36. The molecule has 0 aliphatic heterocycles. The summed E-state index contributed by atoms with van der Waals surface area (Å²) in [5.74, 6) is 0.538. The van der Waals surface area contributed by atoms with Crippen LogP contribution in [0, 0.1) is 6.92 Å². The van der Waals surface area contributed by atoms with Crippen molar-refractivity contribution in [1.82, 2.24) is 9.55 Å². The van der Waals surface area contributed by atoms with Crippen LogP contribution >= 0.6 is 0 Å². The van der Waals surface area contributed by atoms with Crippen molar-refractivity contribution in [2.75, 3.05) is 5.32 Å². The van der Waals surface area contributed by atoms with Crippen LogP contribution in [0.5, 0.6) is 0 Å². The van der Waals surface area contributed by atoms with Crippen molar-refractivity contribution < 1.29 is 0 Å². The number of hydrogen-bond acceptors (Lipinski definition) is 3. The van der Waals surface area contributed by atoms with Gasteiger partial charge in [-0.05, 0) is 19.1 Å². The Morgan fingerprint density at radius 1 is 1.19 bits per heavy atom. The minimum absolute atomic E-state index is 0.0791. The van der Waals surface area contributed by atoms with Crippen LogP contribution in [0.3, 0.4) is 0 Å². The highest BCUT2D eigenvalue weighted by Gasteiger charge is 2.00. The molecule has 82 valence electrons. The summed E-state index contributed by atoms with van der Waals surface area (Å²) in [7, 11) is 1.69. The molecule has 0 atom stereocenters. The van der Waals surface area contributed by atoms with E-state index < -0.39 is 0 Å². The Balaban J connectivity index is 2.30. The maximum Gasteiger partial charge on any atom is 0.254 e. The molecule has 1 aromatic carbocycles. The predicted octanol–water partition coefficient (Wildman–Crippen LogP) is 1.83. The zero-order valence-corrected chi connectivity index (χ0v) is 9.27. The third-order valence-corrected chi connectivity index (χ3v) is 2.37. The van der Waals surface area contributed by atoms with Crippen LogP contribution in [0.25, 0.3) is 0 Å². The van der Waals surface area contributed by atoms with Crippen molar-refractivity contribution >= 4 is 11.6 Å². The first-order valence-electron chi connectivity index (χ1n) is 5.02. The fourth-order valence-electron chi connectivity index (χ4n) is 1.36. The smallest absolute Gasteiger partial charge is 0.254 e. The van der Waals surface area contributed by atoms with Gasteiger partial charge in [-0.15, -0.1) is 0 Å². The first-order chi connectivity index (χ1) is 7.66. The summed E-state index contributed by atoms with van der Waals surface area (Å²) >= 11 is 0. The van der Waals surface area contributed by atoms with Crippen LogP contribution in [0.4, 0.5) is 11.6 Å². The standard InChI is InChI=1S/C12H13N3O/c1-9-3-5-10(6-4-9)14-12-13-8-7-11(16)15(12)2/h3-8H,1-2H3,(H,13,14). The van der Waals surface area contributed by atoms with Crippen molar-refractivity contribution in [1.29, 1.82) is 0 Å². The Bertz CT molecular complexity index is 543. The molecule has 2 rings (SSSR count). The number of aryl methyl sites for hydroxylation is 1. The van der Waals surface area contributed by atoms with Gasteiger partial charge < -0.3 is 5.32 Å². The second-order valence-corrected chi connectivity index (χ2v) is 3.66. The molecule has 2 aromatic rings. The summed E-state index contributed by atoms with van der Waals surface area (Å²) in [5.41, 5.74) is 2.03. The number of aromatic nitrogens is 2. The summed E-state index contributed by atoms with van der Waals surface area (Å²) in [5, 5.41) is 3.09. The highest BCUT2D eigenvalue weighted by Crippen LogP contribution is 2.12. The molecule has 0 fully saturated rings. The second kappa shape index (κ2) is 4.18. The van der Waals surface area contributed by atoms with Crippen molar-refractivity contribution in [2.45, 2.75) is 6.92 Å². The fraction of sp³-hybridized carbons (Fsp3) is 0.167. The minimum atomic E-state index is -0.0791. The average molecular weight is 215 g/mol. The maximum absolute atomic E-state index is 11.4. The van der Waals surface area contributed by atoms with Gasteiger partial charge in [0.1, 0.15) is 0 Å². The Kier molecular flexibility index (Phi) is 2.72. The molecule has 0 spiro atoms. The monoisotopic (exact) mass is 215 g/mol. The molecule has 1 aromatic heterocycles. The molecule has 0 unspecified atom stereocenters. The molecule has 0 amide bonds. The zero-order chi connectivity index (χ0) is 11.5. The molecule has 1 heterocycles. The Labute approximate surface area is 93.6 Å². The second-order valence-electron chi connectivity index (χ2n) is 3.66. The van der Waals surface area contributed by atoms with E-state index in [2.05, 4.69) is 10.3 Å². The van der Waals surface area contributed by atoms with Gasteiger partial charge in [0.15, 0.2) is 0 Å². The van der Waals surface area contributed by atoms with Crippen LogP contribution < -0.4 is 10.9 Å². The molecule has 4 nitrogen and oxygen atoms in total. The maximum atomic E-state index is 11.4. The highest BCUT2D eigenvalue weighted by molar-refractivity contribution is 5.53. The normalized spacial score (nSPS) is 10.1. The Morgan fingerprint density at radius 3 is 2.56 bits per heavy atom. The van der Waals surface area contributed by atoms with E-state index in [0.29, 0.717) is 5.95 Å². The van der Waals surface area contributed by atoms with E-state index in [1.54, 1.807) is 7.05 Å². The van der Waals surface area contributed by atoms with Crippen LogP contribution in [-0.4, -0.2) is 9.55 Å². The Hall–Kier alpha value is -2.10. The van der Waals surface area contributed by atoms with E-state index in [4.69, 9.17) is 0 Å². The molecule has 0 saturated carbocycles. The largest absolute Gasteiger partial charge is 0.326 e. The van der Waals surface area contributed by atoms with Crippen LogP contribution in [-0.2, 0) is 7.05 Å². The number of anilines is 2. The number of hydrogen-bond donors (Lipinski definition) is 1. The summed E-state index contributed by atoms with van der Waals surface area (Å²) in [6.45, 7) is 2.03. The van der Waals surface area contributed by atoms with Crippen molar-refractivity contribution in [3.63, 3.8) is 0 Å². The quantitative estimate of drug-likeness (QED) is 0.831.